The van der Waals surface area contributed by atoms with Crippen LogP contribution in [0.5, 0.6) is 0 Å². The summed E-state index contributed by atoms with van der Waals surface area (Å²) in [5.41, 5.74) is 2.26. The van der Waals surface area contributed by atoms with Crippen LogP contribution in [-0.2, 0) is 14.8 Å². The van der Waals surface area contributed by atoms with E-state index in [0.717, 1.165) is 27.8 Å². The minimum atomic E-state index is -3.81. The van der Waals surface area contributed by atoms with Gasteiger partial charge in [-0.25, -0.2) is 8.42 Å². The smallest absolute Gasteiger partial charge is 0.271 e. The molecule has 0 atom stereocenters. The Bertz CT molecular complexity index is 957. The SMILES string of the molecule is Cc1ccc(NC(=O)CN(c2cccc([N+](=O)[O-])c2)S(C)(=O)=O)c(C)c1. The Kier molecular flexibility index (Phi) is 5.61. The average Bonchev–Trinajstić information content (AvgIpc) is 2.54. The molecule has 1 amide bonds. The van der Waals surface area contributed by atoms with Crippen LogP contribution in [0.3, 0.4) is 0 Å². The van der Waals surface area contributed by atoms with Gasteiger partial charge in [0.1, 0.15) is 6.54 Å². The van der Waals surface area contributed by atoms with Gasteiger partial charge in [0.2, 0.25) is 15.9 Å². The summed E-state index contributed by atoms with van der Waals surface area (Å²) in [6, 6.07) is 10.6. The zero-order chi connectivity index (χ0) is 19.5. The van der Waals surface area contributed by atoms with Crippen LogP contribution < -0.4 is 9.62 Å². The van der Waals surface area contributed by atoms with Crippen LogP contribution in [0.4, 0.5) is 17.1 Å². The summed E-state index contributed by atoms with van der Waals surface area (Å²) in [5, 5.41) is 13.6. The van der Waals surface area contributed by atoms with E-state index < -0.39 is 27.4 Å². The van der Waals surface area contributed by atoms with Gasteiger partial charge in [0.15, 0.2) is 0 Å². The minimum absolute atomic E-state index is 0.0532. The minimum Gasteiger partial charge on any atom is -0.324 e. The van der Waals surface area contributed by atoms with Crippen molar-refractivity contribution in [3.8, 4) is 0 Å². The van der Waals surface area contributed by atoms with Crippen molar-refractivity contribution < 1.29 is 18.1 Å². The topological polar surface area (TPSA) is 110 Å². The van der Waals surface area contributed by atoms with E-state index in [1.807, 2.05) is 26.0 Å². The molecule has 0 aliphatic heterocycles. The second kappa shape index (κ2) is 7.52. The summed E-state index contributed by atoms with van der Waals surface area (Å²) >= 11 is 0. The Morgan fingerprint density at radius 3 is 2.46 bits per heavy atom. The van der Waals surface area contributed by atoms with E-state index >= 15 is 0 Å². The molecule has 2 rings (SSSR count). The summed E-state index contributed by atoms with van der Waals surface area (Å²) in [6.07, 6.45) is 0.941. The summed E-state index contributed by atoms with van der Waals surface area (Å²) < 4.78 is 25.0. The second-order valence-electron chi connectivity index (χ2n) is 5.91. The van der Waals surface area contributed by atoms with Crippen molar-refractivity contribution in [3.63, 3.8) is 0 Å². The number of nitro groups is 1. The lowest BCUT2D eigenvalue weighted by Crippen LogP contribution is -2.37. The Morgan fingerprint density at radius 1 is 1.19 bits per heavy atom. The monoisotopic (exact) mass is 377 g/mol. The van der Waals surface area contributed by atoms with Crippen molar-refractivity contribution in [1.29, 1.82) is 0 Å². The Hall–Kier alpha value is -2.94. The van der Waals surface area contributed by atoms with Crippen molar-refractivity contribution in [2.24, 2.45) is 0 Å². The van der Waals surface area contributed by atoms with Gasteiger partial charge in [-0.1, -0.05) is 23.8 Å². The quantitative estimate of drug-likeness (QED) is 0.615. The molecule has 0 fully saturated rings. The number of nitro benzene ring substituents is 1. The van der Waals surface area contributed by atoms with Gasteiger partial charge in [-0.15, -0.1) is 0 Å². The number of benzene rings is 2. The molecule has 0 saturated heterocycles. The molecule has 9 heteroatoms. The van der Waals surface area contributed by atoms with Crippen molar-refractivity contribution >= 4 is 33.0 Å². The lowest BCUT2D eigenvalue weighted by atomic mass is 10.1. The molecule has 2 aromatic rings. The molecule has 0 heterocycles. The number of nitrogens with one attached hydrogen (secondary N) is 1. The van der Waals surface area contributed by atoms with Gasteiger partial charge in [-0.2, -0.15) is 0 Å². The van der Waals surface area contributed by atoms with E-state index in [1.165, 1.54) is 18.2 Å². The van der Waals surface area contributed by atoms with Gasteiger partial charge < -0.3 is 5.32 Å². The molecule has 0 aromatic heterocycles. The predicted octanol–water partition coefficient (Wildman–Crippen LogP) is 2.62. The molecular weight excluding hydrogens is 358 g/mol. The highest BCUT2D eigenvalue weighted by Gasteiger charge is 2.22. The maximum Gasteiger partial charge on any atom is 0.271 e. The second-order valence-corrected chi connectivity index (χ2v) is 7.82. The fourth-order valence-corrected chi connectivity index (χ4v) is 3.28. The van der Waals surface area contributed by atoms with Crippen molar-refractivity contribution in [3.05, 3.63) is 63.7 Å². The number of non-ortho nitro benzene ring substituents is 1. The third-order valence-corrected chi connectivity index (χ3v) is 4.81. The molecule has 1 N–H and O–H groups in total. The number of carbonyl (C=O) groups excluding carboxylic acids is 1. The zero-order valence-corrected chi connectivity index (χ0v) is 15.4. The zero-order valence-electron chi connectivity index (χ0n) is 14.6. The number of nitrogens with zero attached hydrogens (tertiary/aromatic N) is 2. The van der Waals surface area contributed by atoms with Crippen LogP contribution in [0.1, 0.15) is 11.1 Å². The normalized spacial score (nSPS) is 11.0. The van der Waals surface area contributed by atoms with Gasteiger partial charge in [0.05, 0.1) is 16.9 Å². The summed E-state index contributed by atoms with van der Waals surface area (Å²) in [7, 11) is -3.81. The standard InChI is InChI=1S/C17H19N3O5S/c1-12-7-8-16(13(2)9-12)18-17(21)11-19(26(3,24)25)14-5-4-6-15(10-14)20(22)23/h4-10H,11H2,1-3H3,(H,18,21). The first kappa shape index (κ1) is 19.4. The molecule has 0 saturated carbocycles. The van der Waals surface area contributed by atoms with E-state index in [-0.39, 0.29) is 11.4 Å². The van der Waals surface area contributed by atoms with Gasteiger partial charge >= 0.3 is 0 Å². The summed E-state index contributed by atoms with van der Waals surface area (Å²) in [5.74, 6) is -0.547. The van der Waals surface area contributed by atoms with Crippen LogP contribution in [0.2, 0.25) is 0 Å². The van der Waals surface area contributed by atoms with Crippen LogP contribution in [0.25, 0.3) is 0 Å². The van der Waals surface area contributed by atoms with Crippen molar-refractivity contribution in [2.45, 2.75) is 13.8 Å². The Balaban J connectivity index is 2.27. The average molecular weight is 377 g/mol. The highest BCUT2D eigenvalue weighted by Crippen LogP contribution is 2.23. The molecule has 2 aromatic carbocycles. The van der Waals surface area contributed by atoms with Crippen LogP contribution in [0.15, 0.2) is 42.5 Å². The number of rotatable bonds is 6. The van der Waals surface area contributed by atoms with E-state index in [4.69, 9.17) is 0 Å². The highest BCUT2D eigenvalue weighted by molar-refractivity contribution is 7.92. The number of hydrogen-bond donors (Lipinski definition) is 1. The van der Waals surface area contributed by atoms with Gasteiger partial charge in [0.25, 0.3) is 5.69 Å². The Labute approximate surface area is 151 Å². The third-order valence-electron chi connectivity index (χ3n) is 3.67. The maximum absolute atomic E-state index is 12.3. The van der Waals surface area contributed by atoms with Crippen LogP contribution in [0, 0.1) is 24.0 Å². The molecule has 0 aliphatic carbocycles. The summed E-state index contributed by atoms with van der Waals surface area (Å²) in [4.78, 5) is 22.6. The number of aryl methyl sites for hydroxylation is 2. The van der Waals surface area contributed by atoms with Crippen LogP contribution >= 0.6 is 0 Å². The van der Waals surface area contributed by atoms with Gasteiger partial charge in [0, 0.05) is 17.8 Å². The van der Waals surface area contributed by atoms with Gasteiger partial charge in [-0.05, 0) is 31.5 Å². The van der Waals surface area contributed by atoms with Crippen molar-refractivity contribution in [1.82, 2.24) is 0 Å². The third kappa shape index (κ3) is 4.79. The first-order valence-corrected chi connectivity index (χ1v) is 9.52. The number of hydrogen-bond acceptors (Lipinski definition) is 5. The molecule has 138 valence electrons. The molecule has 0 spiro atoms. The molecule has 0 unspecified atom stereocenters. The Morgan fingerprint density at radius 2 is 1.88 bits per heavy atom. The predicted molar refractivity (Wildman–Crippen MR) is 99.8 cm³/mol. The number of carbonyl (C=O) groups is 1. The molecule has 26 heavy (non-hydrogen) atoms. The van der Waals surface area contributed by atoms with E-state index in [1.54, 1.807) is 6.07 Å². The largest absolute Gasteiger partial charge is 0.324 e. The molecule has 8 nitrogen and oxygen atoms in total. The van der Waals surface area contributed by atoms with E-state index in [2.05, 4.69) is 5.32 Å². The fourth-order valence-electron chi connectivity index (χ4n) is 2.44. The molecule has 0 aliphatic rings. The lowest BCUT2D eigenvalue weighted by molar-refractivity contribution is -0.384. The fraction of sp³-hybridized carbons (Fsp3) is 0.235. The van der Waals surface area contributed by atoms with E-state index in [0.29, 0.717) is 5.69 Å². The van der Waals surface area contributed by atoms with Crippen LogP contribution in [-0.4, -0.2) is 32.0 Å². The highest BCUT2D eigenvalue weighted by atomic mass is 32.2. The summed E-state index contributed by atoms with van der Waals surface area (Å²) in [6.45, 7) is 3.26. The van der Waals surface area contributed by atoms with Crippen molar-refractivity contribution in [2.75, 3.05) is 22.4 Å². The molecular formula is C17H19N3O5S. The number of sulfonamides is 1. The van der Waals surface area contributed by atoms with E-state index in [9.17, 15) is 23.3 Å². The number of anilines is 2. The lowest BCUT2D eigenvalue weighted by Gasteiger charge is -2.22. The first-order chi connectivity index (χ1) is 12.1. The molecule has 0 bridgehead atoms. The van der Waals surface area contributed by atoms with Gasteiger partial charge in [-0.3, -0.25) is 19.2 Å². The molecule has 0 radical (unpaired) electrons. The maximum atomic E-state index is 12.3. The first-order valence-electron chi connectivity index (χ1n) is 7.67. The number of amides is 1.